The molecule has 2 aliphatic heterocycles. The summed E-state index contributed by atoms with van der Waals surface area (Å²) < 4.78 is 34.1. The van der Waals surface area contributed by atoms with Gasteiger partial charge >= 0.3 is 0 Å². The molecule has 1 spiro atoms. The van der Waals surface area contributed by atoms with Crippen LogP contribution in [-0.2, 0) is 4.74 Å². The number of nitrogens with one attached hydrogen (secondary N) is 2. The minimum Gasteiger partial charge on any atom is -0.388 e. The number of ether oxygens (including phenoxy) is 1. The van der Waals surface area contributed by atoms with Gasteiger partial charge < -0.3 is 20.5 Å². The van der Waals surface area contributed by atoms with E-state index in [1.165, 1.54) is 13.0 Å². The zero-order valence-corrected chi connectivity index (χ0v) is 15.7. The van der Waals surface area contributed by atoms with Crippen molar-refractivity contribution in [2.24, 2.45) is 0 Å². The number of rotatable bonds is 2. The molecule has 0 radical (unpaired) electrons. The molecule has 2 heterocycles. The number of hydrogen-bond acceptors (Lipinski definition) is 4. The third-order valence-corrected chi connectivity index (χ3v) is 5.47. The van der Waals surface area contributed by atoms with Gasteiger partial charge in [0.15, 0.2) is 0 Å². The summed E-state index contributed by atoms with van der Waals surface area (Å²) >= 11 is 0. The molecule has 3 N–H and O–H groups in total. The normalized spacial score (nSPS) is 27.7. The van der Waals surface area contributed by atoms with Crippen LogP contribution in [0.15, 0.2) is 12.1 Å². The molecule has 1 aromatic carbocycles. The Bertz CT molecular complexity index is 677. The van der Waals surface area contributed by atoms with Crippen LogP contribution in [0, 0.1) is 18.6 Å². The molecule has 8 heteroatoms. The highest BCUT2D eigenvalue weighted by Gasteiger charge is 2.53. The van der Waals surface area contributed by atoms with Gasteiger partial charge in [0.05, 0.1) is 11.1 Å². The Morgan fingerprint density at radius 2 is 1.96 bits per heavy atom. The predicted octanol–water partition coefficient (Wildman–Crippen LogP) is 2.09. The van der Waals surface area contributed by atoms with Gasteiger partial charge in [-0.1, -0.05) is 6.07 Å². The number of amides is 1. The molecule has 2 atom stereocenters. The quantitative estimate of drug-likeness (QED) is 0.723. The lowest BCUT2D eigenvalue weighted by Crippen LogP contribution is -2.69. The fourth-order valence-electron chi connectivity index (χ4n) is 3.85. The van der Waals surface area contributed by atoms with Crippen LogP contribution in [0.3, 0.4) is 0 Å². The van der Waals surface area contributed by atoms with Crippen molar-refractivity contribution in [1.82, 2.24) is 10.6 Å². The standard InChI is InChI=1S/C18H24F2N2O3.ClH/c1-11-3-4-12(19)13(14(11)20)15(23)22-17(2)7-10-25-18(16(17)24)5-8-21-9-6-18;/h3-4,16,21,24H,5-10H2,1-2H3,(H,22,23);1H/t16-,17+;/m0./s1. The topological polar surface area (TPSA) is 70.6 Å². The van der Waals surface area contributed by atoms with Crippen molar-refractivity contribution in [2.45, 2.75) is 50.4 Å². The molecule has 2 saturated heterocycles. The van der Waals surface area contributed by atoms with Crippen molar-refractivity contribution in [3.63, 3.8) is 0 Å². The van der Waals surface area contributed by atoms with Crippen LogP contribution in [0.1, 0.15) is 42.1 Å². The van der Waals surface area contributed by atoms with Gasteiger partial charge in [0.25, 0.3) is 5.91 Å². The van der Waals surface area contributed by atoms with Crippen LogP contribution in [0.5, 0.6) is 0 Å². The van der Waals surface area contributed by atoms with Crippen molar-refractivity contribution >= 4 is 18.3 Å². The summed E-state index contributed by atoms with van der Waals surface area (Å²) in [5.74, 6) is -2.65. The Morgan fingerprint density at radius 1 is 1.31 bits per heavy atom. The number of benzene rings is 1. The van der Waals surface area contributed by atoms with E-state index in [0.29, 0.717) is 39.0 Å². The molecular weight excluding hydrogens is 366 g/mol. The van der Waals surface area contributed by atoms with E-state index in [4.69, 9.17) is 4.74 Å². The Labute approximate surface area is 157 Å². The molecular formula is C18H25ClF2N2O3. The average molecular weight is 391 g/mol. The maximum Gasteiger partial charge on any atom is 0.257 e. The second-order valence-electron chi connectivity index (χ2n) is 7.24. The molecule has 5 nitrogen and oxygen atoms in total. The molecule has 1 aromatic rings. The summed E-state index contributed by atoms with van der Waals surface area (Å²) in [6, 6.07) is 2.36. The summed E-state index contributed by atoms with van der Waals surface area (Å²) in [4.78, 5) is 12.6. The molecule has 2 fully saturated rings. The Kier molecular flexibility index (Phi) is 6.28. The minimum absolute atomic E-state index is 0. The molecule has 0 unspecified atom stereocenters. The van der Waals surface area contributed by atoms with E-state index in [2.05, 4.69) is 10.6 Å². The van der Waals surface area contributed by atoms with Gasteiger partial charge in [-0.05, 0) is 57.8 Å². The first-order valence-electron chi connectivity index (χ1n) is 8.59. The lowest BCUT2D eigenvalue weighted by molar-refractivity contribution is -0.197. The first-order chi connectivity index (χ1) is 11.8. The van der Waals surface area contributed by atoms with Gasteiger partial charge in [-0.3, -0.25) is 4.79 Å². The first kappa shape index (κ1) is 21.0. The number of hydrogen-bond donors (Lipinski definition) is 3. The maximum atomic E-state index is 14.2. The molecule has 1 amide bonds. The third kappa shape index (κ3) is 3.58. The van der Waals surface area contributed by atoms with E-state index in [-0.39, 0.29) is 18.0 Å². The fraction of sp³-hybridized carbons (Fsp3) is 0.611. The minimum atomic E-state index is -1.02. The van der Waals surface area contributed by atoms with Crippen LogP contribution in [0.4, 0.5) is 8.78 Å². The second kappa shape index (κ2) is 7.76. The van der Waals surface area contributed by atoms with E-state index in [1.54, 1.807) is 6.92 Å². The summed E-state index contributed by atoms with van der Waals surface area (Å²) in [7, 11) is 0. The highest BCUT2D eigenvalue weighted by Crippen LogP contribution is 2.38. The van der Waals surface area contributed by atoms with E-state index < -0.39 is 40.3 Å². The number of aliphatic hydroxyl groups excluding tert-OH is 1. The number of aliphatic hydroxyl groups is 1. The van der Waals surface area contributed by atoms with E-state index in [0.717, 1.165) is 6.07 Å². The van der Waals surface area contributed by atoms with Crippen LogP contribution in [0.25, 0.3) is 0 Å². The Morgan fingerprint density at radius 3 is 2.62 bits per heavy atom. The van der Waals surface area contributed by atoms with Crippen LogP contribution in [0.2, 0.25) is 0 Å². The molecule has 0 bridgehead atoms. The van der Waals surface area contributed by atoms with Crippen molar-refractivity contribution < 1.29 is 23.4 Å². The third-order valence-electron chi connectivity index (χ3n) is 5.47. The molecule has 26 heavy (non-hydrogen) atoms. The number of halogens is 3. The highest BCUT2D eigenvalue weighted by atomic mass is 35.5. The van der Waals surface area contributed by atoms with Gasteiger partial charge in [0.1, 0.15) is 23.3 Å². The second-order valence-corrected chi connectivity index (χ2v) is 7.24. The number of piperidine rings is 1. The van der Waals surface area contributed by atoms with E-state index >= 15 is 0 Å². The van der Waals surface area contributed by atoms with Crippen molar-refractivity contribution in [1.29, 1.82) is 0 Å². The average Bonchev–Trinajstić information content (AvgIpc) is 2.57. The fourth-order valence-corrected chi connectivity index (χ4v) is 3.85. The smallest absolute Gasteiger partial charge is 0.257 e. The number of aryl methyl sites for hydroxylation is 1. The maximum absolute atomic E-state index is 14.2. The van der Waals surface area contributed by atoms with Gasteiger partial charge in [-0.25, -0.2) is 8.78 Å². The molecule has 2 aliphatic rings. The number of carbonyl (C=O) groups is 1. The first-order valence-corrected chi connectivity index (χ1v) is 8.59. The molecule has 3 rings (SSSR count). The molecule has 0 saturated carbocycles. The van der Waals surface area contributed by atoms with Gasteiger partial charge in [-0.2, -0.15) is 0 Å². The summed E-state index contributed by atoms with van der Waals surface area (Å²) in [6.07, 6.45) is 0.639. The Balaban J connectivity index is 0.00000243. The lowest BCUT2D eigenvalue weighted by Gasteiger charge is -2.52. The SMILES string of the molecule is Cc1ccc(F)c(C(=O)N[C@]2(C)CCOC3(CCNCC3)[C@H]2O)c1F.Cl. The number of carbonyl (C=O) groups excluding carboxylic acids is 1. The van der Waals surface area contributed by atoms with Crippen molar-refractivity contribution in [2.75, 3.05) is 19.7 Å². The van der Waals surface area contributed by atoms with Crippen LogP contribution < -0.4 is 10.6 Å². The van der Waals surface area contributed by atoms with Crippen LogP contribution in [-0.4, -0.2) is 48.0 Å². The van der Waals surface area contributed by atoms with Gasteiger partial charge in [-0.15, -0.1) is 12.4 Å². The molecule has 0 aliphatic carbocycles. The monoisotopic (exact) mass is 390 g/mol. The van der Waals surface area contributed by atoms with Crippen LogP contribution >= 0.6 is 12.4 Å². The van der Waals surface area contributed by atoms with Gasteiger partial charge in [0.2, 0.25) is 0 Å². The van der Waals surface area contributed by atoms with Crippen molar-refractivity contribution in [3.8, 4) is 0 Å². The zero-order chi connectivity index (χ0) is 18.2. The van der Waals surface area contributed by atoms with E-state index in [1.807, 2.05) is 0 Å². The zero-order valence-electron chi connectivity index (χ0n) is 14.9. The largest absolute Gasteiger partial charge is 0.388 e. The summed E-state index contributed by atoms with van der Waals surface area (Å²) in [6.45, 7) is 4.96. The molecule has 0 aromatic heterocycles. The predicted molar refractivity (Wildman–Crippen MR) is 95.6 cm³/mol. The van der Waals surface area contributed by atoms with Crippen molar-refractivity contribution in [3.05, 3.63) is 34.9 Å². The summed E-state index contributed by atoms with van der Waals surface area (Å²) in [5.41, 5.74) is -2.18. The van der Waals surface area contributed by atoms with E-state index in [9.17, 15) is 18.7 Å². The highest BCUT2D eigenvalue weighted by molar-refractivity contribution is 5.95. The van der Waals surface area contributed by atoms with Gasteiger partial charge in [0, 0.05) is 6.61 Å². The molecule has 146 valence electrons. The summed E-state index contributed by atoms with van der Waals surface area (Å²) in [5, 5.41) is 16.8. The Hall–Kier alpha value is -1.28. The lowest BCUT2D eigenvalue weighted by atomic mass is 9.73.